The van der Waals surface area contributed by atoms with Crippen LogP contribution in [-0.2, 0) is 13.0 Å². The third-order valence-corrected chi connectivity index (χ3v) is 4.35. The average Bonchev–Trinajstić information content (AvgIpc) is 2.94. The van der Waals surface area contributed by atoms with Crippen LogP contribution in [0.25, 0.3) is 0 Å². The molecule has 0 amide bonds. The van der Waals surface area contributed by atoms with Crippen LogP contribution in [0.2, 0.25) is 5.02 Å². The van der Waals surface area contributed by atoms with Crippen molar-refractivity contribution in [2.24, 2.45) is 5.41 Å². The molecule has 1 aliphatic rings. The van der Waals surface area contributed by atoms with E-state index >= 15 is 0 Å². The number of halogens is 1. The van der Waals surface area contributed by atoms with Gasteiger partial charge in [0.2, 0.25) is 0 Å². The van der Waals surface area contributed by atoms with Gasteiger partial charge >= 0.3 is 0 Å². The molecule has 0 aliphatic heterocycles. The predicted molar refractivity (Wildman–Crippen MR) is 83.2 cm³/mol. The number of nitrogens with zero attached hydrogens (tertiary/aromatic N) is 2. The first-order chi connectivity index (χ1) is 9.49. The van der Waals surface area contributed by atoms with Crippen molar-refractivity contribution in [1.82, 2.24) is 9.78 Å². The number of nitrogens with one attached hydrogen (secondary N) is 1. The van der Waals surface area contributed by atoms with Crippen molar-refractivity contribution in [2.75, 3.05) is 5.32 Å². The molecule has 0 fully saturated rings. The van der Waals surface area contributed by atoms with Gasteiger partial charge in [0, 0.05) is 17.8 Å². The molecule has 3 nitrogen and oxygen atoms in total. The van der Waals surface area contributed by atoms with Gasteiger partial charge in [0.05, 0.1) is 17.9 Å². The molecular formula is C16H20ClN3. The van der Waals surface area contributed by atoms with Crippen LogP contribution in [-0.4, -0.2) is 9.78 Å². The summed E-state index contributed by atoms with van der Waals surface area (Å²) in [7, 11) is 0. The second-order valence-corrected chi connectivity index (χ2v) is 6.61. The highest BCUT2D eigenvalue weighted by atomic mass is 35.5. The molecule has 106 valence electrons. The van der Waals surface area contributed by atoms with Gasteiger partial charge < -0.3 is 5.32 Å². The van der Waals surface area contributed by atoms with Crippen molar-refractivity contribution in [2.45, 2.75) is 39.8 Å². The number of rotatable bonds is 3. The Kier molecular flexibility index (Phi) is 3.25. The van der Waals surface area contributed by atoms with Crippen LogP contribution >= 0.6 is 11.6 Å². The predicted octanol–water partition coefficient (Wildman–Crippen LogP) is 4.29. The minimum Gasteiger partial charge on any atom is -0.375 e. The molecular weight excluding hydrogens is 270 g/mol. The molecule has 1 aliphatic carbocycles. The lowest BCUT2D eigenvalue weighted by atomic mass is 9.85. The first-order valence-electron chi connectivity index (χ1n) is 7.07. The topological polar surface area (TPSA) is 29.9 Å². The van der Waals surface area contributed by atoms with Crippen molar-refractivity contribution >= 4 is 17.3 Å². The Morgan fingerprint density at radius 1 is 1.45 bits per heavy atom. The number of fused-ring (bicyclic) bond motifs is 1. The molecule has 3 rings (SSSR count). The van der Waals surface area contributed by atoms with Gasteiger partial charge in [-0.3, -0.25) is 4.68 Å². The summed E-state index contributed by atoms with van der Waals surface area (Å²) >= 11 is 6.17. The highest BCUT2D eigenvalue weighted by Gasteiger charge is 2.39. The fourth-order valence-corrected chi connectivity index (χ4v) is 3.24. The molecule has 1 heterocycles. The minimum absolute atomic E-state index is 0.168. The van der Waals surface area contributed by atoms with Crippen molar-refractivity contribution < 1.29 is 0 Å². The molecule has 0 bridgehead atoms. The SMILES string of the molecule is CCn1cc(NC2c3cc(Cl)ccc3CC2(C)C)cn1. The fraction of sp³-hybridized carbons (Fsp3) is 0.438. The summed E-state index contributed by atoms with van der Waals surface area (Å²) in [4.78, 5) is 0. The van der Waals surface area contributed by atoms with Crippen molar-refractivity contribution in [1.29, 1.82) is 0 Å². The first-order valence-corrected chi connectivity index (χ1v) is 7.45. The van der Waals surface area contributed by atoms with Gasteiger partial charge in [-0.15, -0.1) is 0 Å². The number of anilines is 1. The van der Waals surface area contributed by atoms with Gasteiger partial charge in [-0.05, 0) is 42.0 Å². The normalized spacial score (nSPS) is 19.9. The molecule has 20 heavy (non-hydrogen) atoms. The summed E-state index contributed by atoms with van der Waals surface area (Å²) in [5.74, 6) is 0. The van der Waals surface area contributed by atoms with E-state index in [4.69, 9.17) is 11.6 Å². The molecule has 1 unspecified atom stereocenters. The maximum absolute atomic E-state index is 6.17. The smallest absolute Gasteiger partial charge is 0.0731 e. The third kappa shape index (κ3) is 2.31. The molecule has 0 saturated heterocycles. The largest absolute Gasteiger partial charge is 0.375 e. The first kappa shape index (κ1) is 13.5. The molecule has 0 spiro atoms. The lowest BCUT2D eigenvalue weighted by molar-refractivity contribution is 0.337. The van der Waals surface area contributed by atoms with Crippen molar-refractivity contribution in [3.8, 4) is 0 Å². The van der Waals surface area contributed by atoms with Gasteiger partial charge in [-0.25, -0.2) is 0 Å². The van der Waals surface area contributed by atoms with E-state index in [0.29, 0.717) is 0 Å². The highest BCUT2D eigenvalue weighted by molar-refractivity contribution is 6.30. The summed E-state index contributed by atoms with van der Waals surface area (Å²) in [5, 5.41) is 8.76. The lowest BCUT2D eigenvalue weighted by Crippen LogP contribution is -2.24. The number of aryl methyl sites for hydroxylation is 1. The number of benzene rings is 1. The van der Waals surface area contributed by atoms with Crippen LogP contribution < -0.4 is 5.32 Å². The zero-order valence-electron chi connectivity index (χ0n) is 12.2. The molecule has 1 N–H and O–H groups in total. The quantitative estimate of drug-likeness (QED) is 0.913. The van der Waals surface area contributed by atoms with E-state index in [-0.39, 0.29) is 11.5 Å². The van der Waals surface area contributed by atoms with Crippen LogP contribution in [0.3, 0.4) is 0 Å². The Balaban J connectivity index is 1.93. The van der Waals surface area contributed by atoms with E-state index in [0.717, 1.165) is 23.7 Å². The van der Waals surface area contributed by atoms with Crippen LogP contribution in [0.5, 0.6) is 0 Å². The summed E-state index contributed by atoms with van der Waals surface area (Å²) in [6.07, 6.45) is 5.01. The maximum Gasteiger partial charge on any atom is 0.0731 e. The second-order valence-electron chi connectivity index (χ2n) is 6.17. The highest BCUT2D eigenvalue weighted by Crippen LogP contribution is 2.47. The van der Waals surface area contributed by atoms with Gasteiger partial charge in [0.15, 0.2) is 0 Å². The van der Waals surface area contributed by atoms with Crippen molar-refractivity contribution in [3.63, 3.8) is 0 Å². The van der Waals surface area contributed by atoms with Crippen LogP contribution in [0.4, 0.5) is 5.69 Å². The number of hydrogen-bond donors (Lipinski definition) is 1. The Labute approximate surface area is 124 Å². The van der Waals surface area contributed by atoms with E-state index in [1.807, 2.05) is 16.9 Å². The van der Waals surface area contributed by atoms with E-state index < -0.39 is 0 Å². The second kappa shape index (κ2) is 4.81. The van der Waals surface area contributed by atoms with E-state index in [2.05, 4.69) is 49.5 Å². The zero-order valence-corrected chi connectivity index (χ0v) is 12.9. The maximum atomic E-state index is 6.17. The van der Waals surface area contributed by atoms with Crippen LogP contribution in [0, 0.1) is 5.41 Å². The monoisotopic (exact) mass is 289 g/mol. The Bertz CT molecular complexity index is 630. The molecule has 4 heteroatoms. The molecule has 1 atom stereocenters. The van der Waals surface area contributed by atoms with E-state index in [1.54, 1.807) is 0 Å². The van der Waals surface area contributed by atoms with Gasteiger partial charge in [0.25, 0.3) is 0 Å². The Morgan fingerprint density at radius 2 is 2.25 bits per heavy atom. The minimum atomic E-state index is 0.168. The summed E-state index contributed by atoms with van der Waals surface area (Å²) in [5.41, 5.74) is 3.94. The van der Waals surface area contributed by atoms with Gasteiger partial charge in [-0.1, -0.05) is 31.5 Å². The van der Waals surface area contributed by atoms with Crippen LogP contribution in [0.15, 0.2) is 30.6 Å². The third-order valence-electron chi connectivity index (χ3n) is 4.11. The lowest BCUT2D eigenvalue weighted by Gasteiger charge is -2.28. The average molecular weight is 290 g/mol. The molecule has 1 aromatic heterocycles. The fourth-order valence-electron chi connectivity index (χ4n) is 3.06. The number of aromatic nitrogens is 2. The summed E-state index contributed by atoms with van der Waals surface area (Å²) in [6.45, 7) is 7.56. The standard InChI is InChI=1S/C16H20ClN3/c1-4-20-10-13(9-18-20)19-15-14-7-12(17)6-5-11(14)8-16(15,2)3/h5-7,9-10,15,19H,4,8H2,1-3H3. The van der Waals surface area contributed by atoms with Gasteiger partial charge in [0.1, 0.15) is 0 Å². The number of hydrogen-bond acceptors (Lipinski definition) is 2. The Morgan fingerprint density at radius 3 is 2.95 bits per heavy atom. The van der Waals surface area contributed by atoms with E-state index in [1.165, 1.54) is 11.1 Å². The molecule has 0 radical (unpaired) electrons. The molecule has 2 aromatic rings. The van der Waals surface area contributed by atoms with Crippen LogP contribution in [0.1, 0.15) is 37.9 Å². The summed E-state index contributed by atoms with van der Waals surface area (Å²) < 4.78 is 1.93. The Hall–Kier alpha value is -1.48. The van der Waals surface area contributed by atoms with E-state index in [9.17, 15) is 0 Å². The zero-order chi connectivity index (χ0) is 14.3. The molecule has 1 aromatic carbocycles. The van der Waals surface area contributed by atoms with Crippen molar-refractivity contribution in [3.05, 3.63) is 46.7 Å². The molecule has 0 saturated carbocycles. The summed E-state index contributed by atoms with van der Waals surface area (Å²) in [6, 6.07) is 6.49. The van der Waals surface area contributed by atoms with Gasteiger partial charge in [-0.2, -0.15) is 5.10 Å².